The first-order chi connectivity index (χ1) is 38.0. The van der Waals surface area contributed by atoms with E-state index in [0.29, 0.717) is 64.7 Å². The lowest BCUT2D eigenvalue weighted by molar-refractivity contribution is -0.156. The first kappa shape index (κ1) is 55.1. The molecule has 9 heterocycles. The Balaban J connectivity index is 0.905. The number of ether oxygens (including phenoxy) is 2. The van der Waals surface area contributed by atoms with Crippen LogP contribution in [0.3, 0.4) is 0 Å². The number of fused-ring (bicyclic) bond motifs is 9. The predicted octanol–water partition coefficient (Wildman–Crippen LogP) is 6.41. The van der Waals surface area contributed by atoms with Crippen LogP contribution in [0.1, 0.15) is 121 Å². The number of anilines is 1. The van der Waals surface area contributed by atoms with Gasteiger partial charge in [-0.15, -0.1) is 0 Å². The van der Waals surface area contributed by atoms with Crippen LogP contribution in [0.25, 0.3) is 27.7 Å². The first-order valence-electron chi connectivity index (χ1n) is 29.6. The number of benzene rings is 1. The SMILES string of the molecule is C=CC(=O)N1CCC2(CCN(C(=O)N(C)[C@H](C(=O)N[C@H]3CN4CCC=C(C4)c4ccc5c(c4)c4c(n5CC)-c5cc(N6CCN7CCCC[C@@H]7C6)cnc5[C@@H](OC)C4C(C)(C)COC(=O)[C@@H]4CCCN(N4)C3=O)C(C)C)CC2)C1. The minimum Gasteiger partial charge on any atom is -0.464 e. The monoisotopic (exact) mass is 1080 g/mol. The lowest BCUT2D eigenvalue weighted by Crippen LogP contribution is -2.64. The van der Waals surface area contributed by atoms with Gasteiger partial charge < -0.3 is 39.0 Å². The second kappa shape index (κ2) is 22.3. The lowest BCUT2D eigenvalue weighted by Gasteiger charge is -2.45. The number of methoxy groups -OCH3 is 1. The number of carbonyl (C=O) groups is 5. The number of aryl methyl sites for hydroxylation is 1. The van der Waals surface area contributed by atoms with Gasteiger partial charge in [-0.05, 0) is 117 Å². The molecule has 5 fully saturated rings. The number of esters is 1. The number of carbonyl (C=O) groups excluding carboxylic acids is 5. The summed E-state index contributed by atoms with van der Waals surface area (Å²) in [7, 11) is 3.45. The van der Waals surface area contributed by atoms with E-state index in [4.69, 9.17) is 14.5 Å². The molecule has 0 saturated carbocycles. The van der Waals surface area contributed by atoms with Crippen LogP contribution in [-0.4, -0.2) is 192 Å². The van der Waals surface area contributed by atoms with Gasteiger partial charge in [-0.25, -0.2) is 10.2 Å². The number of hydrazine groups is 1. The summed E-state index contributed by atoms with van der Waals surface area (Å²) in [6.07, 6.45) is 13.3. The minimum atomic E-state index is -1.000. The molecular weight excluding hydrogens is 999 g/mol. The van der Waals surface area contributed by atoms with Gasteiger partial charge in [-0.1, -0.05) is 52.8 Å². The van der Waals surface area contributed by atoms with Crippen LogP contribution in [-0.2, 0) is 35.2 Å². The molecule has 11 rings (SSSR count). The number of urea groups is 1. The van der Waals surface area contributed by atoms with Gasteiger partial charge in [0.1, 0.15) is 24.2 Å². The maximum atomic E-state index is 15.0. The van der Waals surface area contributed by atoms with Crippen LogP contribution >= 0.6 is 0 Å². The third-order valence-corrected chi connectivity index (χ3v) is 19.4. The summed E-state index contributed by atoms with van der Waals surface area (Å²) in [6, 6.07) is 6.82. The third-order valence-electron chi connectivity index (χ3n) is 19.4. The van der Waals surface area contributed by atoms with Crippen LogP contribution in [0.4, 0.5) is 10.5 Å². The Morgan fingerprint density at radius 3 is 2.51 bits per heavy atom. The van der Waals surface area contributed by atoms with Gasteiger partial charge in [0.15, 0.2) is 0 Å². The van der Waals surface area contributed by atoms with Crippen LogP contribution in [0.15, 0.2) is 49.2 Å². The van der Waals surface area contributed by atoms with Crippen molar-refractivity contribution in [1.29, 1.82) is 0 Å². The number of aromatic nitrogens is 2. The molecule has 7 aliphatic heterocycles. The molecule has 1 aliphatic carbocycles. The number of piperazine rings is 1. The Morgan fingerprint density at radius 2 is 1.76 bits per heavy atom. The number of likely N-dealkylation sites (N-methyl/N-ethyl adjacent to an activating group) is 1. The molecule has 5 amide bonds. The Kier molecular flexibility index (Phi) is 15.5. The number of cyclic esters (lactones) is 1. The van der Waals surface area contributed by atoms with Gasteiger partial charge in [0.05, 0.1) is 29.9 Å². The zero-order valence-electron chi connectivity index (χ0n) is 47.9. The molecule has 1 spiro atoms. The Morgan fingerprint density at radius 1 is 0.975 bits per heavy atom. The molecule has 426 valence electrons. The van der Waals surface area contributed by atoms with Crippen LogP contribution < -0.4 is 15.6 Å². The van der Waals surface area contributed by atoms with E-state index in [1.54, 1.807) is 14.2 Å². The summed E-state index contributed by atoms with van der Waals surface area (Å²) in [5.74, 6) is -1.79. The van der Waals surface area contributed by atoms with Crippen molar-refractivity contribution < 1.29 is 33.4 Å². The number of nitrogens with zero attached hydrogens (tertiary/aromatic N) is 9. The normalized spacial score (nSPS) is 27.4. The van der Waals surface area contributed by atoms with E-state index in [1.165, 1.54) is 47.4 Å². The fourth-order valence-electron chi connectivity index (χ4n) is 15.0. The smallest absolute Gasteiger partial charge is 0.324 e. The molecule has 79 heavy (non-hydrogen) atoms. The van der Waals surface area contributed by atoms with E-state index in [2.05, 4.69) is 87.7 Å². The summed E-state index contributed by atoms with van der Waals surface area (Å²) < 4.78 is 15.5. The molecule has 2 unspecified atom stereocenters. The standard InChI is InChI=1S/C61H85N11O7/c1-9-49(73)70-28-22-61(37-70)20-26-68(27-21-61)59(77)65(7)53(39(3)4)56(74)63-47-36-66-23-13-15-41(34-66)40-18-19-48-44(31-40)50-51(60(5,6)38-79-58(76)46-17-14-25-72(64-46)57(47)75)55(78-8)52-45(54(50)71(48)10-2)32-43(33-62-52)69-30-29-67-24-12-11-16-42(67)35-69/h9,15,18-19,31-33,39,42,46-47,51,53,55,64H,1,10-14,16-17,20-30,34-38H2,2-8H3,(H,63,74)/t42-,46+,47+,51?,53+,55+/m1/s1. The number of piperidine rings is 2. The molecule has 2 N–H and O–H groups in total. The van der Waals surface area contributed by atoms with Gasteiger partial charge in [0.25, 0.3) is 5.91 Å². The number of pyridine rings is 1. The average molecular weight is 1080 g/mol. The number of amides is 5. The zero-order valence-corrected chi connectivity index (χ0v) is 47.9. The maximum Gasteiger partial charge on any atom is 0.324 e. The van der Waals surface area contributed by atoms with Crippen LogP contribution in [0.5, 0.6) is 0 Å². The summed E-state index contributed by atoms with van der Waals surface area (Å²) >= 11 is 0. The van der Waals surface area contributed by atoms with Crippen molar-refractivity contribution >= 4 is 51.9 Å². The largest absolute Gasteiger partial charge is 0.464 e. The zero-order chi connectivity index (χ0) is 55.5. The Bertz CT molecular complexity index is 2890. The van der Waals surface area contributed by atoms with E-state index >= 15 is 4.79 Å². The number of likely N-dealkylation sites (tertiary alicyclic amines) is 2. The number of hydrogen-bond acceptors (Lipinski definition) is 12. The highest BCUT2D eigenvalue weighted by molar-refractivity contribution is 5.97. The minimum absolute atomic E-state index is 0.0332. The van der Waals surface area contributed by atoms with Crippen LogP contribution in [0.2, 0.25) is 0 Å². The number of rotatable bonds is 8. The van der Waals surface area contributed by atoms with Gasteiger partial charge in [0, 0.05) is 127 Å². The van der Waals surface area contributed by atoms with Crippen molar-refractivity contribution in [1.82, 2.24) is 49.8 Å². The van der Waals surface area contributed by atoms with Crippen molar-refractivity contribution in [3.8, 4) is 11.3 Å². The second-order valence-electron chi connectivity index (χ2n) is 25.1. The van der Waals surface area contributed by atoms with Gasteiger partial charge in [-0.2, -0.15) is 0 Å². The van der Waals surface area contributed by atoms with Crippen molar-refractivity contribution in [3.05, 3.63) is 66.0 Å². The molecular formula is C61H85N11O7. The summed E-state index contributed by atoms with van der Waals surface area (Å²) in [5, 5.41) is 5.80. The predicted molar refractivity (Wildman–Crippen MR) is 305 cm³/mol. The highest BCUT2D eigenvalue weighted by Gasteiger charge is 2.49. The fraction of sp³-hybridized carbons (Fsp3) is 0.639. The molecule has 18 heteroatoms. The molecule has 5 saturated heterocycles. The molecule has 1 aromatic carbocycles. The quantitative estimate of drug-likeness (QED) is 0.188. The number of hydrogen-bond donors (Lipinski definition) is 2. The summed E-state index contributed by atoms with van der Waals surface area (Å²) in [4.78, 5) is 89.1. The lowest BCUT2D eigenvalue weighted by atomic mass is 9.67. The fourth-order valence-corrected chi connectivity index (χ4v) is 15.0. The maximum absolute atomic E-state index is 15.0. The topological polar surface area (TPSA) is 168 Å². The average Bonchev–Trinajstić information content (AvgIpc) is 3.54. The third kappa shape index (κ3) is 10.4. The molecule has 8 aliphatic rings. The van der Waals surface area contributed by atoms with Crippen molar-refractivity contribution in [2.24, 2.45) is 16.7 Å². The van der Waals surface area contributed by atoms with Gasteiger partial charge in [0.2, 0.25) is 11.8 Å². The van der Waals surface area contributed by atoms with E-state index in [-0.39, 0.29) is 48.2 Å². The van der Waals surface area contributed by atoms with Crippen LogP contribution in [0, 0.1) is 16.7 Å². The van der Waals surface area contributed by atoms with E-state index < -0.39 is 41.5 Å². The molecule has 2 aromatic heterocycles. The first-order valence-corrected chi connectivity index (χ1v) is 29.6. The summed E-state index contributed by atoms with van der Waals surface area (Å²) in [6.45, 7) is 23.2. The van der Waals surface area contributed by atoms with Crippen molar-refractivity contribution in [3.63, 3.8) is 0 Å². The van der Waals surface area contributed by atoms with Gasteiger partial charge in [-0.3, -0.25) is 39.0 Å². The summed E-state index contributed by atoms with van der Waals surface area (Å²) in [5.41, 5.74) is 11.3. The van der Waals surface area contributed by atoms with E-state index in [0.717, 1.165) is 96.5 Å². The van der Waals surface area contributed by atoms with Gasteiger partial charge >= 0.3 is 12.0 Å². The van der Waals surface area contributed by atoms with E-state index in [9.17, 15) is 19.2 Å². The molecule has 18 nitrogen and oxygen atoms in total. The highest BCUT2D eigenvalue weighted by Crippen LogP contribution is 2.57. The molecule has 0 radical (unpaired) electrons. The molecule has 7 atom stereocenters. The highest BCUT2D eigenvalue weighted by atomic mass is 16.5. The molecule has 6 bridgehead atoms. The Labute approximate surface area is 466 Å². The van der Waals surface area contributed by atoms with Crippen molar-refractivity contribution in [2.75, 3.05) is 104 Å². The van der Waals surface area contributed by atoms with E-state index in [1.807, 2.05) is 29.8 Å². The Hall–Kier alpha value is -5.82. The second-order valence-corrected chi connectivity index (χ2v) is 25.1. The van der Waals surface area contributed by atoms with Crippen molar-refractivity contribution in [2.45, 2.75) is 135 Å². The number of nitrogens with one attached hydrogen (secondary N) is 2. The molecule has 3 aromatic rings.